The van der Waals surface area contributed by atoms with Gasteiger partial charge in [0.1, 0.15) is 11.5 Å². The molecule has 0 aliphatic rings. The lowest BCUT2D eigenvalue weighted by molar-refractivity contribution is 0.281. The quantitative estimate of drug-likeness (QED) is 0.921. The second-order valence-electron chi connectivity index (χ2n) is 4.90. The summed E-state index contributed by atoms with van der Waals surface area (Å²) < 4.78 is 5.93. The molecular weight excluding hydrogens is 250 g/mol. The molecule has 3 heteroatoms. The van der Waals surface area contributed by atoms with Crippen LogP contribution in [0.5, 0.6) is 11.5 Å². The molecule has 2 rings (SSSR count). The van der Waals surface area contributed by atoms with Crippen molar-refractivity contribution in [1.29, 1.82) is 5.26 Å². The lowest BCUT2D eigenvalue weighted by Gasteiger charge is -2.13. The van der Waals surface area contributed by atoms with E-state index in [9.17, 15) is 5.11 Å². The highest BCUT2D eigenvalue weighted by Crippen LogP contribution is 2.30. The molecule has 0 bridgehead atoms. The first-order chi connectivity index (χ1) is 9.55. The Bertz CT molecular complexity index is 661. The van der Waals surface area contributed by atoms with Crippen molar-refractivity contribution in [2.24, 2.45) is 0 Å². The normalized spacial score (nSPS) is 10.2. The number of rotatable bonds is 3. The lowest BCUT2D eigenvalue weighted by atomic mass is 10.1. The van der Waals surface area contributed by atoms with Gasteiger partial charge in [-0.25, -0.2) is 0 Å². The molecule has 1 N–H and O–H groups in total. The third-order valence-electron chi connectivity index (χ3n) is 3.29. The fourth-order valence-corrected chi connectivity index (χ4v) is 2.20. The predicted octanol–water partition coefficient (Wildman–Crippen LogP) is 3.77. The molecule has 0 fully saturated rings. The Kier molecular flexibility index (Phi) is 4.07. The zero-order valence-corrected chi connectivity index (χ0v) is 11.9. The van der Waals surface area contributed by atoms with Gasteiger partial charge >= 0.3 is 0 Å². The van der Waals surface area contributed by atoms with Crippen LogP contribution in [-0.4, -0.2) is 5.11 Å². The van der Waals surface area contributed by atoms with E-state index in [1.54, 1.807) is 0 Å². The Morgan fingerprint density at radius 1 is 1.05 bits per heavy atom. The Morgan fingerprint density at radius 3 is 2.20 bits per heavy atom. The number of ether oxygens (including phenoxy) is 1. The smallest absolute Gasteiger partial charge is 0.133 e. The van der Waals surface area contributed by atoms with E-state index in [1.165, 1.54) is 0 Å². The van der Waals surface area contributed by atoms with Gasteiger partial charge in [0.2, 0.25) is 0 Å². The summed E-state index contributed by atoms with van der Waals surface area (Å²) in [7, 11) is 0. The number of aliphatic hydroxyl groups excluding tert-OH is 1. The molecule has 2 aromatic carbocycles. The van der Waals surface area contributed by atoms with Gasteiger partial charge < -0.3 is 9.84 Å². The molecule has 0 heterocycles. The number of hydrogen-bond donors (Lipinski definition) is 1. The zero-order valence-electron chi connectivity index (χ0n) is 11.9. The standard InChI is InChI=1S/C17H17NO2/c1-11-8-16(5-4-15(11)10-19)20-17-12(2)6-14(9-18)7-13(17)3/h4-8,19H,10H2,1-3H3. The van der Waals surface area contributed by atoms with E-state index in [0.29, 0.717) is 5.56 Å². The first-order valence-corrected chi connectivity index (χ1v) is 6.44. The van der Waals surface area contributed by atoms with E-state index < -0.39 is 0 Å². The topological polar surface area (TPSA) is 53.2 Å². The lowest BCUT2D eigenvalue weighted by Crippen LogP contribution is -1.94. The first-order valence-electron chi connectivity index (χ1n) is 6.44. The summed E-state index contributed by atoms with van der Waals surface area (Å²) in [5, 5.41) is 18.1. The van der Waals surface area contributed by atoms with Gasteiger partial charge in [0.05, 0.1) is 18.2 Å². The SMILES string of the molecule is Cc1cc(Oc2c(C)cc(C#N)cc2C)ccc1CO. The van der Waals surface area contributed by atoms with Crippen LogP contribution in [0.15, 0.2) is 30.3 Å². The number of hydrogen-bond acceptors (Lipinski definition) is 3. The average Bonchev–Trinajstić information content (AvgIpc) is 2.42. The van der Waals surface area contributed by atoms with Crippen molar-refractivity contribution in [2.45, 2.75) is 27.4 Å². The molecule has 0 radical (unpaired) electrons. The number of nitrogens with zero attached hydrogens (tertiary/aromatic N) is 1. The minimum absolute atomic E-state index is 0.0288. The second-order valence-corrected chi connectivity index (χ2v) is 4.90. The molecule has 0 aromatic heterocycles. The van der Waals surface area contributed by atoms with E-state index in [0.717, 1.165) is 33.8 Å². The van der Waals surface area contributed by atoms with Crippen molar-refractivity contribution in [1.82, 2.24) is 0 Å². The zero-order chi connectivity index (χ0) is 14.7. The minimum atomic E-state index is 0.0288. The molecule has 0 saturated carbocycles. The van der Waals surface area contributed by atoms with E-state index in [2.05, 4.69) is 6.07 Å². The summed E-state index contributed by atoms with van der Waals surface area (Å²) >= 11 is 0. The van der Waals surface area contributed by atoms with Crippen molar-refractivity contribution in [3.8, 4) is 17.6 Å². The molecular formula is C17H17NO2. The number of aliphatic hydroxyl groups is 1. The van der Waals surface area contributed by atoms with Crippen LogP contribution in [0.4, 0.5) is 0 Å². The fourth-order valence-electron chi connectivity index (χ4n) is 2.20. The molecule has 102 valence electrons. The van der Waals surface area contributed by atoms with Crippen LogP contribution in [0.2, 0.25) is 0 Å². The summed E-state index contributed by atoms with van der Waals surface area (Å²) in [6, 6.07) is 11.4. The summed E-state index contributed by atoms with van der Waals surface area (Å²) in [6.45, 7) is 5.83. The van der Waals surface area contributed by atoms with Gasteiger partial charge in [-0.05, 0) is 67.3 Å². The van der Waals surface area contributed by atoms with Gasteiger partial charge in [-0.15, -0.1) is 0 Å². The highest BCUT2D eigenvalue weighted by atomic mass is 16.5. The van der Waals surface area contributed by atoms with Crippen molar-refractivity contribution in [2.75, 3.05) is 0 Å². The van der Waals surface area contributed by atoms with Gasteiger partial charge in [0.15, 0.2) is 0 Å². The predicted molar refractivity (Wildman–Crippen MR) is 77.8 cm³/mol. The Balaban J connectivity index is 2.35. The largest absolute Gasteiger partial charge is 0.457 e. The average molecular weight is 267 g/mol. The molecule has 0 atom stereocenters. The van der Waals surface area contributed by atoms with Crippen LogP contribution in [0.1, 0.15) is 27.8 Å². The van der Waals surface area contributed by atoms with E-state index in [-0.39, 0.29) is 6.61 Å². The molecule has 2 aromatic rings. The molecule has 3 nitrogen and oxygen atoms in total. The minimum Gasteiger partial charge on any atom is -0.457 e. The van der Waals surface area contributed by atoms with Crippen LogP contribution in [0.25, 0.3) is 0 Å². The number of nitriles is 1. The highest BCUT2D eigenvalue weighted by Gasteiger charge is 2.08. The van der Waals surface area contributed by atoms with Crippen LogP contribution >= 0.6 is 0 Å². The molecule has 0 saturated heterocycles. The van der Waals surface area contributed by atoms with Gasteiger partial charge in [-0.1, -0.05) is 6.07 Å². The highest BCUT2D eigenvalue weighted by molar-refractivity contribution is 5.49. The second kappa shape index (κ2) is 5.77. The Labute approximate surface area is 119 Å². The van der Waals surface area contributed by atoms with E-state index >= 15 is 0 Å². The Morgan fingerprint density at radius 2 is 1.70 bits per heavy atom. The van der Waals surface area contributed by atoms with Crippen LogP contribution in [0, 0.1) is 32.1 Å². The van der Waals surface area contributed by atoms with Crippen LogP contribution < -0.4 is 4.74 Å². The van der Waals surface area contributed by atoms with Crippen molar-refractivity contribution >= 4 is 0 Å². The summed E-state index contributed by atoms with van der Waals surface area (Å²) in [6.07, 6.45) is 0. The summed E-state index contributed by atoms with van der Waals surface area (Å²) in [5.74, 6) is 1.51. The third-order valence-corrected chi connectivity index (χ3v) is 3.29. The van der Waals surface area contributed by atoms with Crippen molar-refractivity contribution < 1.29 is 9.84 Å². The number of aryl methyl sites for hydroxylation is 3. The number of benzene rings is 2. The van der Waals surface area contributed by atoms with Crippen LogP contribution in [-0.2, 0) is 6.61 Å². The van der Waals surface area contributed by atoms with Gasteiger partial charge in [-0.3, -0.25) is 0 Å². The molecule has 0 unspecified atom stereocenters. The monoisotopic (exact) mass is 267 g/mol. The van der Waals surface area contributed by atoms with Crippen molar-refractivity contribution in [3.63, 3.8) is 0 Å². The molecule has 0 aliphatic carbocycles. The van der Waals surface area contributed by atoms with Gasteiger partial charge in [0, 0.05) is 0 Å². The fraction of sp³-hybridized carbons (Fsp3) is 0.235. The summed E-state index contributed by atoms with van der Waals surface area (Å²) in [4.78, 5) is 0. The molecule has 0 amide bonds. The maximum absolute atomic E-state index is 9.17. The van der Waals surface area contributed by atoms with E-state index in [4.69, 9.17) is 10.00 Å². The molecule has 0 aliphatic heterocycles. The van der Waals surface area contributed by atoms with Crippen LogP contribution in [0.3, 0.4) is 0 Å². The third kappa shape index (κ3) is 2.81. The van der Waals surface area contributed by atoms with Gasteiger partial charge in [-0.2, -0.15) is 5.26 Å². The van der Waals surface area contributed by atoms with E-state index in [1.807, 2.05) is 51.1 Å². The maximum Gasteiger partial charge on any atom is 0.133 e. The maximum atomic E-state index is 9.17. The van der Waals surface area contributed by atoms with Crippen molar-refractivity contribution in [3.05, 3.63) is 58.1 Å². The molecule has 20 heavy (non-hydrogen) atoms. The first kappa shape index (κ1) is 14.1. The molecule has 0 spiro atoms. The Hall–Kier alpha value is -2.31. The van der Waals surface area contributed by atoms with Gasteiger partial charge in [0.25, 0.3) is 0 Å². The summed E-state index contributed by atoms with van der Waals surface area (Å²) in [5.41, 5.74) is 4.40.